The van der Waals surface area contributed by atoms with Gasteiger partial charge >= 0.3 is 25.8 Å². The summed E-state index contributed by atoms with van der Waals surface area (Å²) in [7, 11) is 0. The van der Waals surface area contributed by atoms with E-state index in [1.807, 2.05) is 35.8 Å². The molecule has 0 unspecified atom stereocenters. The second kappa shape index (κ2) is 17.4. The number of rotatable bonds is 3. The number of hydrogen-bond acceptors (Lipinski definition) is 12. The molecule has 3 aromatic heterocycles. The van der Waals surface area contributed by atoms with Crippen molar-refractivity contribution in [1.82, 2.24) is 14.0 Å². The Balaban J connectivity index is 0.000000186. The van der Waals surface area contributed by atoms with Gasteiger partial charge < -0.3 is 44.6 Å². The molecule has 3 aliphatic heterocycles. The van der Waals surface area contributed by atoms with Gasteiger partial charge in [0.1, 0.15) is 0 Å². The first-order valence-corrected chi connectivity index (χ1v) is 14.7. The summed E-state index contributed by atoms with van der Waals surface area (Å²) < 4.78 is 20.9. The smallest absolute Gasteiger partial charge is 0.869 e. The average Bonchev–Trinajstić information content (AvgIpc) is 3.04. The van der Waals surface area contributed by atoms with Crippen LogP contribution in [0.2, 0.25) is 0 Å². The second-order valence-corrected chi connectivity index (χ2v) is 10.7. The van der Waals surface area contributed by atoms with Gasteiger partial charge in [-0.05, 0) is 38.0 Å². The minimum Gasteiger partial charge on any atom is -0.869 e. The monoisotopic (exact) mass is 738 g/mol. The molecule has 246 valence electrons. The van der Waals surface area contributed by atoms with Crippen molar-refractivity contribution >= 4 is 25.8 Å². The van der Waals surface area contributed by atoms with Crippen LogP contribution in [0.25, 0.3) is 0 Å². The summed E-state index contributed by atoms with van der Waals surface area (Å²) in [5, 5.41) is 39.7. The van der Waals surface area contributed by atoms with E-state index in [4.69, 9.17) is 14.2 Å². The third-order valence-corrected chi connectivity index (χ3v) is 7.43. The SMILES string of the molecule is Cc1cc(=O)c([O-])cn1N1CCOCC1.Cc1cc(=O)c([O-])cn1N1CCOCC1.Cc1cc(=O)c([O-])cn1N1CCOCC1.[111In+3]. The van der Waals surface area contributed by atoms with Gasteiger partial charge in [-0.3, -0.25) is 28.4 Å². The van der Waals surface area contributed by atoms with Crippen LogP contribution < -0.4 is 46.6 Å². The number of aromatic nitrogens is 3. The van der Waals surface area contributed by atoms with Crippen LogP contribution in [0.15, 0.2) is 51.2 Å². The molecule has 3 aliphatic rings. The first kappa shape index (κ1) is 36.9. The van der Waals surface area contributed by atoms with Crippen molar-refractivity contribution in [2.24, 2.45) is 0 Å². The van der Waals surface area contributed by atoms with Gasteiger partial charge in [0.15, 0.2) is 16.3 Å². The number of ether oxygens (including phenoxy) is 3. The van der Waals surface area contributed by atoms with E-state index in [1.54, 1.807) is 14.0 Å². The number of morpholine rings is 3. The molecule has 0 atom stereocenters. The van der Waals surface area contributed by atoms with Crippen LogP contribution in [-0.2, 0) is 14.2 Å². The molecule has 0 amide bonds. The maximum atomic E-state index is 11.2. The van der Waals surface area contributed by atoms with Crippen LogP contribution in [-0.4, -0.2) is 119 Å². The Morgan fingerprint density at radius 3 is 0.913 bits per heavy atom. The third-order valence-electron chi connectivity index (χ3n) is 7.43. The quantitative estimate of drug-likeness (QED) is 0.271. The van der Waals surface area contributed by atoms with Crippen molar-refractivity contribution in [2.75, 3.05) is 93.9 Å². The molecule has 0 radical (unpaired) electrons. The Labute approximate surface area is 285 Å². The van der Waals surface area contributed by atoms with E-state index >= 15 is 0 Å². The van der Waals surface area contributed by atoms with Crippen molar-refractivity contribution in [3.8, 4) is 17.2 Å². The summed E-state index contributed by atoms with van der Waals surface area (Å²) in [6.45, 7) is 13.8. The summed E-state index contributed by atoms with van der Waals surface area (Å²) in [6.07, 6.45) is 4.05. The zero-order valence-electron chi connectivity index (χ0n) is 26.4. The van der Waals surface area contributed by atoms with E-state index < -0.39 is 33.5 Å². The van der Waals surface area contributed by atoms with Crippen molar-refractivity contribution in [3.05, 3.63) is 84.5 Å². The van der Waals surface area contributed by atoms with Crippen LogP contribution in [0, 0.1) is 20.8 Å². The Bertz CT molecular complexity index is 1420. The zero-order chi connectivity index (χ0) is 32.5. The maximum absolute atomic E-state index is 11.2. The summed E-state index contributed by atoms with van der Waals surface area (Å²) >= 11 is 0. The summed E-state index contributed by atoms with van der Waals surface area (Å²) in [6, 6.07) is 4.12. The molecule has 0 N–H and O–H groups in total. The Morgan fingerprint density at radius 1 is 0.478 bits per heavy atom. The van der Waals surface area contributed by atoms with Crippen LogP contribution in [0.3, 0.4) is 0 Å². The second-order valence-electron chi connectivity index (χ2n) is 10.7. The Hall–Kier alpha value is -3.60. The number of aryl methyl sites for hydroxylation is 3. The molecule has 0 bridgehead atoms. The molecule has 0 aliphatic carbocycles. The molecule has 6 heterocycles. The largest absolute Gasteiger partial charge is 3.00 e. The number of nitrogens with zero attached hydrogens (tertiary/aromatic N) is 6. The molecular weight excluding hydrogens is 699 g/mol. The third kappa shape index (κ3) is 9.70. The zero-order valence-corrected chi connectivity index (χ0v) is 29.7. The molecule has 46 heavy (non-hydrogen) atoms. The van der Waals surface area contributed by atoms with Gasteiger partial charge in [-0.25, -0.2) is 0 Å². The van der Waals surface area contributed by atoms with Gasteiger partial charge in [-0.1, -0.05) is 0 Å². The van der Waals surface area contributed by atoms with E-state index in [2.05, 4.69) is 0 Å². The molecule has 16 heteroatoms. The topological polar surface area (TPSA) is 173 Å². The van der Waals surface area contributed by atoms with Crippen molar-refractivity contribution in [3.63, 3.8) is 0 Å². The van der Waals surface area contributed by atoms with Gasteiger partial charge in [-0.2, -0.15) is 0 Å². The minimum atomic E-state index is -0.466. The van der Waals surface area contributed by atoms with Crippen molar-refractivity contribution in [1.29, 1.82) is 0 Å². The number of hydrogen-bond donors (Lipinski definition) is 0. The summed E-state index contributed by atoms with van der Waals surface area (Å²) in [4.78, 5) is 33.3. The molecule has 0 spiro atoms. The fraction of sp³-hybridized carbons (Fsp3) is 0.500. The first-order valence-electron chi connectivity index (χ1n) is 14.7. The van der Waals surface area contributed by atoms with Gasteiger partial charge in [0.2, 0.25) is 0 Å². The number of pyridine rings is 3. The van der Waals surface area contributed by atoms with E-state index in [0.717, 1.165) is 56.4 Å². The van der Waals surface area contributed by atoms with Crippen LogP contribution >= 0.6 is 0 Å². The maximum Gasteiger partial charge on any atom is 3.00 e. The van der Waals surface area contributed by atoms with Gasteiger partial charge in [0.05, 0.1) is 78.9 Å². The van der Waals surface area contributed by atoms with E-state index in [9.17, 15) is 29.7 Å². The molecular formula is C30H39InN6O9. The van der Waals surface area contributed by atoms with Crippen LogP contribution in [0.1, 0.15) is 17.1 Å². The van der Waals surface area contributed by atoms with E-state index in [0.29, 0.717) is 39.6 Å². The van der Waals surface area contributed by atoms with Crippen molar-refractivity contribution in [2.45, 2.75) is 20.8 Å². The summed E-state index contributed by atoms with van der Waals surface area (Å²) in [5.74, 6) is -1.40. The van der Waals surface area contributed by atoms with Gasteiger partial charge in [0.25, 0.3) is 0 Å². The van der Waals surface area contributed by atoms with Gasteiger partial charge in [-0.15, -0.1) is 0 Å². The molecule has 0 aromatic carbocycles. The van der Waals surface area contributed by atoms with Gasteiger partial charge in [0, 0.05) is 53.9 Å². The van der Waals surface area contributed by atoms with Crippen LogP contribution in [0.5, 0.6) is 17.2 Å². The summed E-state index contributed by atoms with van der Waals surface area (Å²) in [5.41, 5.74) is 0.996. The normalized spacial score (nSPS) is 16.4. The molecule has 3 saturated heterocycles. The molecule has 3 aromatic rings. The van der Waals surface area contributed by atoms with E-state index in [-0.39, 0.29) is 25.8 Å². The van der Waals surface area contributed by atoms with Crippen LogP contribution in [0.4, 0.5) is 0 Å². The Kier molecular flexibility index (Phi) is 13.9. The van der Waals surface area contributed by atoms with Crippen molar-refractivity contribution < 1.29 is 29.5 Å². The Morgan fingerprint density at radius 2 is 0.696 bits per heavy atom. The predicted molar refractivity (Wildman–Crippen MR) is 167 cm³/mol. The molecule has 0 saturated carbocycles. The fourth-order valence-electron chi connectivity index (χ4n) is 5.03. The minimum absolute atomic E-state index is 0. The van der Waals surface area contributed by atoms with E-state index in [1.165, 1.54) is 36.8 Å². The fourth-order valence-corrected chi connectivity index (χ4v) is 5.03. The first-order chi connectivity index (χ1) is 21.5. The average molecular weight is 739 g/mol. The standard InChI is InChI=1S/3C10H14N2O3.In/c3*1-8-6-9(13)10(14)7-12(8)11-2-4-15-5-3-11;/h3*6-7,14H,2-5H2,1H3;/q;;;+3/p-3/i;;;1-4. The molecule has 3 fully saturated rings. The predicted octanol–water partition coefficient (Wildman–Crippen LogP) is -2.79. The molecule has 6 rings (SSSR count). The molecule has 15 nitrogen and oxygen atoms in total.